The fourth-order valence-corrected chi connectivity index (χ4v) is 5.22. The van der Waals surface area contributed by atoms with Gasteiger partial charge in [0.1, 0.15) is 16.9 Å². The van der Waals surface area contributed by atoms with Crippen molar-refractivity contribution < 1.29 is 9.15 Å². The molecule has 5 rings (SSSR count). The van der Waals surface area contributed by atoms with E-state index in [2.05, 4.69) is 13.0 Å². The molecule has 0 radical (unpaired) electrons. The topological polar surface area (TPSA) is 39.4 Å². The van der Waals surface area contributed by atoms with Gasteiger partial charge >= 0.3 is 5.63 Å². The summed E-state index contributed by atoms with van der Waals surface area (Å²) < 4.78 is 12.2. The van der Waals surface area contributed by atoms with Crippen LogP contribution in [0.2, 0.25) is 0 Å². The first-order chi connectivity index (χ1) is 11.6. The van der Waals surface area contributed by atoms with Crippen LogP contribution >= 0.6 is 0 Å². The standard InChI is InChI=1S/C21H24O3/c1-13-4-3-8-21(12-13)9-7-14-10-17-15-5-2-6-16(15)20(22)23-19(17)11-18(14)24-21/h10-11,13H,2-9,12H2,1H3/t13-,21-/m1/s1. The van der Waals surface area contributed by atoms with E-state index in [0.29, 0.717) is 5.58 Å². The van der Waals surface area contributed by atoms with Crippen LogP contribution in [0, 0.1) is 5.92 Å². The summed E-state index contributed by atoms with van der Waals surface area (Å²) in [4.78, 5) is 12.2. The van der Waals surface area contributed by atoms with Crippen molar-refractivity contribution in [2.45, 2.75) is 70.3 Å². The van der Waals surface area contributed by atoms with Gasteiger partial charge in [0, 0.05) is 17.0 Å². The maximum Gasteiger partial charge on any atom is 0.339 e. The molecular formula is C21H24O3. The van der Waals surface area contributed by atoms with E-state index in [1.807, 2.05) is 6.07 Å². The van der Waals surface area contributed by atoms with Crippen molar-refractivity contribution in [1.82, 2.24) is 0 Å². The highest BCUT2D eigenvalue weighted by molar-refractivity contribution is 5.84. The minimum atomic E-state index is -0.147. The predicted molar refractivity (Wildman–Crippen MR) is 93.8 cm³/mol. The Bertz CT molecular complexity index is 879. The number of aryl methyl sites for hydroxylation is 2. The normalized spacial score (nSPS) is 28.6. The molecule has 2 heterocycles. The molecule has 0 unspecified atom stereocenters. The summed E-state index contributed by atoms with van der Waals surface area (Å²) in [6, 6.07) is 4.22. The first-order valence-electron chi connectivity index (χ1n) is 9.44. The van der Waals surface area contributed by atoms with Gasteiger partial charge in [0.25, 0.3) is 0 Å². The van der Waals surface area contributed by atoms with E-state index in [0.717, 1.165) is 67.6 Å². The Labute approximate surface area is 142 Å². The summed E-state index contributed by atoms with van der Waals surface area (Å²) >= 11 is 0. The third kappa shape index (κ3) is 2.13. The highest BCUT2D eigenvalue weighted by Crippen LogP contribution is 2.45. The van der Waals surface area contributed by atoms with Crippen molar-refractivity contribution in [1.29, 1.82) is 0 Å². The number of hydrogen-bond donors (Lipinski definition) is 0. The third-order valence-electron chi connectivity index (χ3n) is 6.38. The van der Waals surface area contributed by atoms with Crippen molar-refractivity contribution in [3.8, 4) is 5.75 Å². The van der Waals surface area contributed by atoms with Crippen LogP contribution < -0.4 is 10.4 Å². The Morgan fingerprint density at radius 3 is 2.83 bits per heavy atom. The monoisotopic (exact) mass is 324 g/mol. The van der Waals surface area contributed by atoms with E-state index in [1.54, 1.807) is 0 Å². The molecule has 1 aromatic carbocycles. The van der Waals surface area contributed by atoms with Crippen LogP contribution in [-0.4, -0.2) is 5.60 Å². The maximum atomic E-state index is 12.2. The predicted octanol–water partition coefficient (Wildman–Crippen LogP) is 4.56. The van der Waals surface area contributed by atoms with Gasteiger partial charge in [0.05, 0.1) is 0 Å². The number of hydrogen-bond acceptors (Lipinski definition) is 3. The Morgan fingerprint density at radius 1 is 1.08 bits per heavy atom. The van der Waals surface area contributed by atoms with Gasteiger partial charge in [-0.2, -0.15) is 0 Å². The number of benzene rings is 1. The van der Waals surface area contributed by atoms with Gasteiger partial charge in [0.15, 0.2) is 0 Å². The van der Waals surface area contributed by atoms with E-state index >= 15 is 0 Å². The summed E-state index contributed by atoms with van der Waals surface area (Å²) in [5.74, 6) is 1.69. The highest BCUT2D eigenvalue weighted by Gasteiger charge is 2.40. The van der Waals surface area contributed by atoms with Crippen molar-refractivity contribution in [3.05, 3.63) is 39.2 Å². The van der Waals surface area contributed by atoms with Gasteiger partial charge in [-0.15, -0.1) is 0 Å². The molecule has 3 heteroatoms. The lowest BCUT2D eigenvalue weighted by Gasteiger charge is -2.43. The fourth-order valence-electron chi connectivity index (χ4n) is 5.22. The molecular weight excluding hydrogens is 300 g/mol. The Kier molecular flexibility index (Phi) is 3.10. The number of ether oxygens (including phenoxy) is 1. The van der Waals surface area contributed by atoms with Crippen molar-refractivity contribution in [3.63, 3.8) is 0 Å². The molecule has 1 aromatic heterocycles. The lowest BCUT2D eigenvalue weighted by Crippen LogP contribution is -2.43. The lowest BCUT2D eigenvalue weighted by molar-refractivity contribution is -0.00579. The average Bonchev–Trinajstić information content (AvgIpc) is 3.04. The molecule has 0 N–H and O–H groups in total. The summed E-state index contributed by atoms with van der Waals surface area (Å²) in [6.07, 6.45) is 10.0. The molecule has 0 saturated heterocycles. The van der Waals surface area contributed by atoms with Gasteiger partial charge in [-0.3, -0.25) is 0 Å². The molecule has 1 aliphatic heterocycles. The van der Waals surface area contributed by atoms with E-state index in [-0.39, 0.29) is 11.2 Å². The van der Waals surface area contributed by atoms with E-state index in [4.69, 9.17) is 9.15 Å². The molecule has 3 aliphatic rings. The van der Waals surface area contributed by atoms with Crippen LogP contribution in [0.25, 0.3) is 11.0 Å². The summed E-state index contributed by atoms with van der Waals surface area (Å²) in [5, 5.41) is 1.14. The van der Waals surface area contributed by atoms with Crippen LogP contribution in [0.3, 0.4) is 0 Å². The fraction of sp³-hybridized carbons (Fsp3) is 0.571. The van der Waals surface area contributed by atoms with E-state index < -0.39 is 0 Å². The molecule has 1 spiro atoms. The van der Waals surface area contributed by atoms with Gasteiger partial charge < -0.3 is 9.15 Å². The summed E-state index contributed by atoms with van der Waals surface area (Å²) in [6.45, 7) is 2.34. The molecule has 3 nitrogen and oxygen atoms in total. The Morgan fingerprint density at radius 2 is 1.96 bits per heavy atom. The van der Waals surface area contributed by atoms with Crippen molar-refractivity contribution in [2.24, 2.45) is 5.92 Å². The third-order valence-corrected chi connectivity index (χ3v) is 6.38. The first kappa shape index (κ1) is 14.6. The molecule has 0 amide bonds. The summed E-state index contributed by atoms with van der Waals surface area (Å²) in [7, 11) is 0. The van der Waals surface area contributed by atoms with Crippen LogP contribution in [0.4, 0.5) is 0 Å². The molecule has 2 atom stereocenters. The zero-order chi connectivity index (χ0) is 16.3. The number of fused-ring (bicyclic) bond motifs is 4. The second-order valence-electron chi connectivity index (χ2n) is 8.14. The minimum Gasteiger partial charge on any atom is -0.487 e. The van der Waals surface area contributed by atoms with Crippen LogP contribution in [0.1, 0.15) is 62.1 Å². The second kappa shape index (κ2) is 5.11. The van der Waals surface area contributed by atoms with Crippen molar-refractivity contribution >= 4 is 11.0 Å². The lowest BCUT2D eigenvalue weighted by atomic mass is 9.74. The molecule has 24 heavy (non-hydrogen) atoms. The Hall–Kier alpha value is -1.77. The van der Waals surface area contributed by atoms with Crippen LogP contribution in [-0.2, 0) is 19.3 Å². The molecule has 1 fully saturated rings. The van der Waals surface area contributed by atoms with Gasteiger partial charge in [-0.1, -0.05) is 13.3 Å². The minimum absolute atomic E-state index is 0.00929. The first-order valence-corrected chi connectivity index (χ1v) is 9.44. The Balaban J connectivity index is 1.61. The van der Waals surface area contributed by atoms with Crippen LogP contribution in [0.5, 0.6) is 5.75 Å². The van der Waals surface area contributed by atoms with Crippen LogP contribution in [0.15, 0.2) is 21.3 Å². The SMILES string of the molecule is C[C@@H]1CCC[C@@]2(CCc3cc4c5c(c(=O)oc4cc3O2)CCC5)C1. The summed E-state index contributed by atoms with van der Waals surface area (Å²) in [5.41, 5.74) is 3.98. The van der Waals surface area contributed by atoms with Crippen molar-refractivity contribution in [2.75, 3.05) is 0 Å². The molecule has 2 aromatic rings. The van der Waals surface area contributed by atoms with Gasteiger partial charge in [0.2, 0.25) is 0 Å². The zero-order valence-corrected chi connectivity index (χ0v) is 14.3. The largest absolute Gasteiger partial charge is 0.487 e. The average molecular weight is 324 g/mol. The quantitative estimate of drug-likeness (QED) is 0.667. The van der Waals surface area contributed by atoms with Gasteiger partial charge in [-0.25, -0.2) is 4.79 Å². The molecule has 1 saturated carbocycles. The maximum absolute atomic E-state index is 12.2. The highest BCUT2D eigenvalue weighted by atomic mass is 16.5. The number of rotatable bonds is 0. The molecule has 2 aliphatic carbocycles. The molecule has 126 valence electrons. The van der Waals surface area contributed by atoms with Gasteiger partial charge in [-0.05, 0) is 74.5 Å². The second-order valence-corrected chi connectivity index (χ2v) is 8.14. The zero-order valence-electron chi connectivity index (χ0n) is 14.3. The molecule has 0 bridgehead atoms. The smallest absolute Gasteiger partial charge is 0.339 e. The van der Waals surface area contributed by atoms with E-state index in [1.165, 1.54) is 24.0 Å². The van der Waals surface area contributed by atoms with E-state index in [9.17, 15) is 4.79 Å².